The summed E-state index contributed by atoms with van der Waals surface area (Å²) in [6.07, 6.45) is 1.83. The van der Waals surface area contributed by atoms with Crippen molar-refractivity contribution < 1.29 is 0 Å². The van der Waals surface area contributed by atoms with E-state index >= 15 is 0 Å². The van der Waals surface area contributed by atoms with Crippen molar-refractivity contribution in [3.8, 4) is 0 Å². The molecule has 0 radical (unpaired) electrons. The number of anilines is 2. The van der Waals surface area contributed by atoms with Crippen molar-refractivity contribution in [1.29, 1.82) is 0 Å². The second kappa shape index (κ2) is 6.23. The molecular weight excluding hydrogens is 234 g/mol. The van der Waals surface area contributed by atoms with Gasteiger partial charge in [-0.25, -0.2) is 4.98 Å². The molecule has 3 heteroatoms. The average Bonchev–Trinajstić information content (AvgIpc) is 2.42. The minimum atomic E-state index is 0.846. The molecule has 100 valence electrons. The lowest BCUT2D eigenvalue weighted by Crippen LogP contribution is -2.18. The van der Waals surface area contributed by atoms with Crippen LogP contribution in [0.4, 0.5) is 11.5 Å². The molecular formula is C16H21N3. The first kappa shape index (κ1) is 13.4. The zero-order chi connectivity index (χ0) is 13.7. The Morgan fingerprint density at radius 2 is 1.89 bits per heavy atom. The fourth-order valence-electron chi connectivity index (χ4n) is 2.04. The monoisotopic (exact) mass is 255 g/mol. The molecule has 0 unspecified atom stereocenters. The number of aryl methyl sites for hydroxylation is 1. The Morgan fingerprint density at radius 1 is 1.16 bits per heavy atom. The van der Waals surface area contributed by atoms with Crippen LogP contribution in [0.3, 0.4) is 0 Å². The lowest BCUT2D eigenvalue weighted by Gasteiger charge is -2.21. The molecule has 1 heterocycles. The summed E-state index contributed by atoms with van der Waals surface area (Å²) >= 11 is 0. The van der Waals surface area contributed by atoms with Gasteiger partial charge >= 0.3 is 0 Å². The molecule has 3 nitrogen and oxygen atoms in total. The molecule has 0 amide bonds. The van der Waals surface area contributed by atoms with E-state index in [1.54, 1.807) is 0 Å². The van der Waals surface area contributed by atoms with Crippen LogP contribution in [0.2, 0.25) is 0 Å². The average molecular weight is 255 g/mol. The summed E-state index contributed by atoms with van der Waals surface area (Å²) in [5, 5.41) is 3.30. The second-order valence-corrected chi connectivity index (χ2v) is 4.73. The van der Waals surface area contributed by atoms with Gasteiger partial charge in [-0.1, -0.05) is 23.8 Å². The topological polar surface area (TPSA) is 28.2 Å². The molecule has 0 bridgehead atoms. The Morgan fingerprint density at radius 3 is 2.58 bits per heavy atom. The number of aromatic nitrogens is 1. The molecule has 1 N–H and O–H groups in total. The highest BCUT2D eigenvalue weighted by Gasteiger charge is 2.06. The van der Waals surface area contributed by atoms with Crippen LogP contribution in [-0.2, 0) is 6.54 Å². The summed E-state index contributed by atoms with van der Waals surface area (Å²) in [6.45, 7) is 5.92. The number of hydrogen-bond donors (Lipinski definition) is 1. The largest absolute Gasteiger partial charge is 0.370 e. The summed E-state index contributed by atoms with van der Waals surface area (Å²) in [5.74, 6) is 0.976. The van der Waals surface area contributed by atoms with Gasteiger partial charge in [0.05, 0.1) is 0 Å². The van der Waals surface area contributed by atoms with Gasteiger partial charge in [0.2, 0.25) is 0 Å². The molecule has 0 aliphatic heterocycles. The van der Waals surface area contributed by atoms with Crippen LogP contribution in [-0.4, -0.2) is 18.6 Å². The maximum Gasteiger partial charge on any atom is 0.130 e. The number of nitrogens with zero attached hydrogens (tertiary/aromatic N) is 2. The molecule has 0 saturated heterocycles. The number of rotatable bonds is 5. The van der Waals surface area contributed by atoms with Crippen molar-refractivity contribution in [2.24, 2.45) is 0 Å². The Balaban J connectivity index is 2.14. The molecule has 1 aromatic heterocycles. The van der Waals surface area contributed by atoms with Gasteiger partial charge in [-0.3, -0.25) is 0 Å². The first-order chi connectivity index (χ1) is 9.20. The van der Waals surface area contributed by atoms with E-state index in [1.165, 1.54) is 16.8 Å². The molecule has 19 heavy (non-hydrogen) atoms. The van der Waals surface area contributed by atoms with Crippen molar-refractivity contribution in [1.82, 2.24) is 4.98 Å². The van der Waals surface area contributed by atoms with E-state index in [2.05, 4.69) is 66.4 Å². The molecule has 0 atom stereocenters. The number of benzene rings is 1. The van der Waals surface area contributed by atoms with E-state index in [0.717, 1.165) is 18.9 Å². The van der Waals surface area contributed by atoms with Crippen molar-refractivity contribution in [2.75, 3.05) is 23.8 Å². The van der Waals surface area contributed by atoms with Crippen LogP contribution in [0.15, 0.2) is 42.6 Å². The van der Waals surface area contributed by atoms with Gasteiger partial charge in [0.1, 0.15) is 5.82 Å². The standard InChI is InChI=1S/C16H21N3/c1-4-17-16-14(6-5-11-18-16)12-19(3)15-9-7-13(2)8-10-15/h5-11H,4,12H2,1-3H3,(H,17,18). The summed E-state index contributed by atoms with van der Waals surface area (Å²) in [6, 6.07) is 12.7. The quantitative estimate of drug-likeness (QED) is 0.887. The molecule has 2 rings (SSSR count). The van der Waals surface area contributed by atoms with Gasteiger partial charge in [0.15, 0.2) is 0 Å². The predicted molar refractivity (Wildman–Crippen MR) is 81.7 cm³/mol. The fourth-order valence-corrected chi connectivity index (χ4v) is 2.04. The normalized spacial score (nSPS) is 10.3. The molecule has 0 fully saturated rings. The second-order valence-electron chi connectivity index (χ2n) is 4.73. The molecule has 2 aromatic rings. The van der Waals surface area contributed by atoms with E-state index in [9.17, 15) is 0 Å². The van der Waals surface area contributed by atoms with Gasteiger partial charge in [-0.15, -0.1) is 0 Å². The van der Waals surface area contributed by atoms with Gasteiger partial charge in [0, 0.05) is 37.6 Å². The first-order valence-corrected chi connectivity index (χ1v) is 6.66. The lowest BCUT2D eigenvalue weighted by molar-refractivity contribution is 0.913. The zero-order valence-corrected chi connectivity index (χ0v) is 11.9. The molecule has 0 spiro atoms. The van der Waals surface area contributed by atoms with Crippen molar-refractivity contribution in [3.05, 3.63) is 53.7 Å². The highest BCUT2D eigenvalue weighted by atomic mass is 15.1. The van der Waals surface area contributed by atoms with Gasteiger partial charge < -0.3 is 10.2 Å². The van der Waals surface area contributed by atoms with Gasteiger partial charge in [-0.05, 0) is 32.0 Å². The summed E-state index contributed by atoms with van der Waals surface area (Å²) in [7, 11) is 2.10. The van der Waals surface area contributed by atoms with E-state index in [1.807, 2.05) is 12.3 Å². The third-order valence-corrected chi connectivity index (χ3v) is 3.12. The van der Waals surface area contributed by atoms with Crippen LogP contribution in [0.5, 0.6) is 0 Å². The van der Waals surface area contributed by atoms with Gasteiger partial charge in [0.25, 0.3) is 0 Å². The number of nitrogens with one attached hydrogen (secondary N) is 1. The molecule has 0 aliphatic rings. The highest BCUT2D eigenvalue weighted by molar-refractivity contribution is 5.50. The highest BCUT2D eigenvalue weighted by Crippen LogP contribution is 2.19. The Kier molecular flexibility index (Phi) is 4.39. The maximum atomic E-state index is 4.39. The van der Waals surface area contributed by atoms with Crippen molar-refractivity contribution in [3.63, 3.8) is 0 Å². The SMILES string of the molecule is CCNc1ncccc1CN(C)c1ccc(C)cc1. The number of pyridine rings is 1. The lowest BCUT2D eigenvalue weighted by atomic mass is 10.2. The molecule has 0 aliphatic carbocycles. The Bertz CT molecular complexity index is 520. The maximum absolute atomic E-state index is 4.39. The third kappa shape index (κ3) is 3.47. The van der Waals surface area contributed by atoms with Crippen LogP contribution in [0, 0.1) is 6.92 Å². The Labute approximate surface area is 115 Å². The minimum Gasteiger partial charge on any atom is -0.370 e. The minimum absolute atomic E-state index is 0.846. The van der Waals surface area contributed by atoms with E-state index in [0.29, 0.717) is 0 Å². The van der Waals surface area contributed by atoms with Crippen LogP contribution < -0.4 is 10.2 Å². The van der Waals surface area contributed by atoms with Crippen molar-refractivity contribution >= 4 is 11.5 Å². The predicted octanol–water partition coefficient (Wildman–Crippen LogP) is 3.46. The molecule has 0 saturated carbocycles. The first-order valence-electron chi connectivity index (χ1n) is 6.66. The Hall–Kier alpha value is -2.03. The zero-order valence-electron chi connectivity index (χ0n) is 11.9. The number of hydrogen-bond acceptors (Lipinski definition) is 3. The smallest absolute Gasteiger partial charge is 0.130 e. The van der Waals surface area contributed by atoms with Crippen LogP contribution in [0.1, 0.15) is 18.1 Å². The van der Waals surface area contributed by atoms with Crippen LogP contribution >= 0.6 is 0 Å². The summed E-state index contributed by atoms with van der Waals surface area (Å²) in [5.41, 5.74) is 3.72. The van der Waals surface area contributed by atoms with Crippen LogP contribution in [0.25, 0.3) is 0 Å². The molecule has 1 aromatic carbocycles. The van der Waals surface area contributed by atoms with E-state index < -0.39 is 0 Å². The third-order valence-electron chi connectivity index (χ3n) is 3.12. The van der Waals surface area contributed by atoms with E-state index in [4.69, 9.17) is 0 Å². The van der Waals surface area contributed by atoms with Gasteiger partial charge in [-0.2, -0.15) is 0 Å². The summed E-state index contributed by atoms with van der Waals surface area (Å²) < 4.78 is 0. The summed E-state index contributed by atoms with van der Waals surface area (Å²) in [4.78, 5) is 6.62. The fraction of sp³-hybridized carbons (Fsp3) is 0.312. The van der Waals surface area contributed by atoms with Crippen molar-refractivity contribution in [2.45, 2.75) is 20.4 Å². The van der Waals surface area contributed by atoms with E-state index in [-0.39, 0.29) is 0 Å².